The minimum atomic E-state index is 0.362. The molecular formula is C13H22ClN3. The van der Waals surface area contributed by atoms with Gasteiger partial charge in [0.25, 0.3) is 0 Å². The maximum absolute atomic E-state index is 5.97. The Morgan fingerprint density at radius 2 is 1.82 bits per heavy atom. The second-order valence-electron chi connectivity index (χ2n) is 4.12. The number of hydrogen-bond donors (Lipinski definition) is 0. The van der Waals surface area contributed by atoms with Crippen LogP contribution >= 0.6 is 11.6 Å². The van der Waals surface area contributed by atoms with Crippen molar-refractivity contribution in [3.63, 3.8) is 0 Å². The molecule has 0 amide bonds. The van der Waals surface area contributed by atoms with Gasteiger partial charge in [-0.25, -0.2) is 9.97 Å². The monoisotopic (exact) mass is 255 g/mol. The van der Waals surface area contributed by atoms with Crippen LogP contribution in [0.3, 0.4) is 0 Å². The molecule has 17 heavy (non-hydrogen) atoms. The number of anilines is 1. The molecule has 0 aliphatic carbocycles. The van der Waals surface area contributed by atoms with E-state index in [1.807, 2.05) is 0 Å². The van der Waals surface area contributed by atoms with Crippen molar-refractivity contribution in [3.05, 3.63) is 17.0 Å². The maximum atomic E-state index is 5.97. The SMILES string of the molecule is CCCCCc1cc(N(CC)CC)nc(Cl)n1. The van der Waals surface area contributed by atoms with Gasteiger partial charge in [0.15, 0.2) is 0 Å². The lowest BCUT2D eigenvalue weighted by Crippen LogP contribution is -2.23. The smallest absolute Gasteiger partial charge is 0.224 e. The zero-order chi connectivity index (χ0) is 12.7. The van der Waals surface area contributed by atoms with Crippen LogP contribution in [0.5, 0.6) is 0 Å². The first-order chi connectivity index (χ1) is 8.21. The van der Waals surface area contributed by atoms with Crippen molar-refractivity contribution in [2.45, 2.75) is 46.5 Å². The van der Waals surface area contributed by atoms with E-state index in [4.69, 9.17) is 11.6 Å². The van der Waals surface area contributed by atoms with Gasteiger partial charge >= 0.3 is 0 Å². The Morgan fingerprint density at radius 1 is 1.12 bits per heavy atom. The lowest BCUT2D eigenvalue weighted by molar-refractivity contribution is 0.704. The van der Waals surface area contributed by atoms with Crippen molar-refractivity contribution < 1.29 is 0 Å². The molecule has 0 atom stereocenters. The highest BCUT2D eigenvalue weighted by molar-refractivity contribution is 6.28. The quantitative estimate of drug-likeness (QED) is 0.549. The van der Waals surface area contributed by atoms with Crippen LogP contribution in [-0.2, 0) is 6.42 Å². The second kappa shape index (κ2) is 7.49. The first-order valence-corrected chi connectivity index (χ1v) is 6.87. The molecule has 0 aliphatic rings. The normalized spacial score (nSPS) is 10.6. The van der Waals surface area contributed by atoms with E-state index >= 15 is 0 Å². The fraction of sp³-hybridized carbons (Fsp3) is 0.692. The van der Waals surface area contributed by atoms with Gasteiger partial charge in [-0.1, -0.05) is 19.8 Å². The fourth-order valence-corrected chi connectivity index (χ4v) is 2.04. The van der Waals surface area contributed by atoms with E-state index in [-0.39, 0.29) is 0 Å². The summed E-state index contributed by atoms with van der Waals surface area (Å²) < 4.78 is 0. The van der Waals surface area contributed by atoms with E-state index in [0.717, 1.165) is 31.0 Å². The molecule has 3 nitrogen and oxygen atoms in total. The molecule has 4 heteroatoms. The molecule has 0 saturated heterocycles. The van der Waals surface area contributed by atoms with Crippen molar-refractivity contribution >= 4 is 17.4 Å². The van der Waals surface area contributed by atoms with Crippen molar-refractivity contribution in [1.29, 1.82) is 0 Å². The van der Waals surface area contributed by atoms with Crippen LogP contribution in [0.1, 0.15) is 45.7 Å². The van der Waals surface area contributed by atoms with Gasteiger partial charge in [0.2, 0.25) is 5.28 Å². The van der Waals surface area contributed by atoms with Crippen molar-refractivity contribution in [3.8, 4) is 0 Å². The van der Waals surface area contributed by atoms with E-state index in [0.29, 0.717) is 5.28 Å². The third-order valence-corrected chi connectivity index (χ3v) is 3.03. The van der Waals surface area contributed by atoms with Gasteiger partial charge in [0.05, 0.1) is 0 Å². The van der Waals surface area contributed by atoms with Gasteiger partial charge in [-0.15, -0.1) is 0 Å². The van der Waals surface area contributed by atoms with Crippen molar-refractivity contribution in [2.24, 2.45) is 0 Å². The lowest BCUT2D eigenvalue weighted by atomic mass is 10.1. The number of rotatable bonds is 7. The maximum Gasteiger partial charge on any atom is 0.224 e. The molecule has 0 saturated carbocycles. The van der Waals surface area contributed by atoms with E-state index in [1.165, 1.54) is 19.3 Å². The van der Waals surface area contributed by atoms with Crippen LogP contribution in [0, 0.1) is 0 Å². The van der Waals surface area contributed by atoms with Gasteiger partial charge < -0.3 is 4.90 Å². The lowest BCUT2D eigenvalue weighted by Gasteiger charge is -2.20. The Labute approximate surface area is 109 Å². The summed E-state index contributed by atoms with van der Waals surface area (Å²) in [4.78, 5) is 10.8. The van der Waals surface area contributed by atoms with Crippen LogP contribution < -0.4 is 4.90 Å². The van der Waals surface area contributed by atoms with Gasteiger partial charge in [-0.3, -0.25) is 0 Å². The second-order valence-corrected chi connectivity index (χ2v) is 4.45. The predicted octanol–water partition coefficient (Wildman–Crippen LogP) is 3.71. The molecular weight excluding hydrogens is 234 g/mol. The third kappa shape index (κ3) is 4.50. The summed E-state index contributed by atoms with van der Waals surface area (Å²) in [5, 5.41) is 0.362. The number of halogens is 1. The first-order valence-electron chi connectivity index (χ1n) is 6.49. The highest BCUT2D eigenvalue weighted by atomic mass is 35.5. The Bertz CT molecular complexity index is 337. The average Bonchev–Trinajstić information content (AvgIpc) is 2.30. The number of nitrogens with zero attached hydrogens (tertiary/aromatic N) is 3. The highest BCUT2D eigenvalue weighted by Crippen LogP contribution is 2.16. The average molecular weight is 256 g/mol. The van der Waals surface area contributed by atoms with Crippen LogP contribution in [0.4, 0.5) is 5.82 Å². The zero-order valence-electron chi connectivity index (χ0n) is 11.0. The Balaban J connectivity index is 2.78. The molecule has 1 aromatic rings. The summed E-state index contributed by atoms with van der Waals surface area (Å²) in [5.74, 6) is 0.946. The summed E-state index contributed by atoms with van der Waals surface area (Å²) >= 11 is 5.97. The van der Waals surface area contributed by atoms with Gasteiger partial charge in [0.1, 0.15) is 5.82 Å². The van der Waals surface area contributed by atoms with Gasteiger partial charge in [-0.05, 0) is 38.3 Å². The van der Waals surface area contributed by atoms with E-state index in [9.17, 15) is 0 Å². The van der Waals surface area contributed by atoms with E-state index in [1.54, 1.807) is 0 Å². The molecule has 0 unspecified atom stereocenters. The topological polar surface area (TPSA) is 29.0 Å². The minimum Gasteiger partial charge on any atom is -0.357 e. The molecule has 0 spiro atoms. The largest absolute Gasteiger partial charge is 0.357 e. The summed E-state index contributed by atoms with van der Waals surface area (Å²) in [6, 6.07) is 2.06. The van der Waals surface area contributed by atoms with E-state index in [2.05, 4.69) is 41.7 Å². The van der Waals surface area contributed by atoms with Crippen LogP contribution in [-0.4, -0.2) is 23.1 Å². The Hall–Kier alpha value is -0.830. The van der Waals surface area contributed by atoms with E-state index < -0.39 is 0 Å². The van der Waals surface area contributed by atoms with Crippen LogP contribution in [0.15, 0.2) is 6.07 Å². The Morgan fingerprint density at radius 3 is 2.41 bits per heavy atom. The standard InChI is InChI=1S/C13H22ClN3/c1-4-7-8-9-11-10-12(16-13(14)15-11)17(5-2)6-3/h10H,4-9H2,1-3H3. The molecule has 0 bridgehead atoms. The number of aryl methyl sites for hydroxylation is 1. The number of hydrogen-bond acceptors (Lipinski definition) is 3. The van der Waals surface area contributed by atoms with Crippen molar-refractivity contribution in [1.82, 2.24) is 9.97 Å². The molecule has 1 aromatic heterocycles. The molecule has 0 fully saturated rings. The van der Waals surface area contributed by atoms with Gasteiger partial charge in [0, 0.05) is 24.8 Å². The Kier molecular flexibility index (Phi) is 6.27. The third-order valence-electron chi connectivity index (χ3n) is 2.86. The molecule has 1 heterocycles. The molecule has 0 aromatic carbocycles. The highest BCUT2D eigenvalue weighted by Gasteiger charge is 2.07. The summed E-state index contributed by atoms with van der Waals surface area (Å²) in [7, 11) is 0. The summed E-state index contributed by atoms with van der Waals surface area (Å²) in [6.45, 7) is 8.33. The predicted molar refractivity (Wildman–Crippen MR) is 73.8 cm³/mol. The number of unbranched alkanes of at least 4 members (excludes halogenated alkanes) is 2. The number of aromatic nitrogens is 2. The minimum absolute atomic E-state index is 0.362. The first kappa shape index (κ1) is 14.2. The van der Waals surface area contributed by atoms with Crippen LogP contribution in [0.25, 0.3) is 0 Å². The molecule has 0 aliphatic heterocycles. The van der Waals surface area contributed by atoms with Crippen molar-refractivity contribution in [2.75, 3.05) is 18.0 Å². The molecule has 96 valence electrons. The van der Waals surface area contributed by atoms with Gasteiger partial charge in [-0.2, -0.15) is 0 Å². The summed E-state index contributed by atoms with van der Waals surface area (Å²) in [5.41, 5.74) is 1.06. The fourth-order valence-electron chi connectivity index (χ4n) is 1.85. The molecule has 0 N–H and O–H groups in total. The molecule has 1 rings (SSSR count). The zero-order valence-corrected chi connectivity index (χ0v) is 11.8. The summed E-state index contributed by atoms with van der Waals surface area (Å²) in [6.07, 6.45) is 4.62. The molecule has 0 radical (unpaired) electrons. The van der Waals surface area contributed by atoms with Crippen LogP contribution in [0.2, 0.25) is 5.28 Å².